The van der Waals surface area contributed by atoms with Gasteiger partial charge >= 0.3 is 6.18 Å². The number of rotatable bonds is 2. The molecule has 23 heavy (non-hydrogen) atoms. The van der Waals surface area contributed by atoms with Crippen LogP contribution in [-0.2, 0) is 9.59 Å². The topological polar surface area (TPSA) is 52.7 Å². The SMILES string of the molecule is Cl.O=C1CC(C(=O)N2CCC3CCC(C2)N3)CN1CC(F)(F)F. The minimum absolute atomic E-state index is 0. The van der Waals surface area contributed by atoms with Crippen molar-refractivity contribution < 1.29 is 22.8 Å². The Morgan fingerprint density at radius 3 is 2.57 bits per heavy atom. The number of nitrogens with zero attached hydrogens (tertiary/aromatic N) is 2. The third-order valence-electron chi connectivity index (χ3n) is 4.77. The second kappa shape index (κ2) is 6.84. The number of alkyl halides is 3. The summed E-state index contributed by atoms with van der Waals surface area (Å²) in [6.07, 6.45) is -1.51. The molecule has 3 heterocycles. The Labute approximate surface area is 139 Å². The molecule has 9 heteroatoms. The first kappa shape index (κ1) is 18.3. The molecule has 3 aliphatic heterocycles. The summed E-state index contributed by atoms with van der Waals surface area (Å²) in [7, 11) is 0. The van der Waals surface area contributed by atoms with E-state index in [-0.39, 0.29) is 37.3 Å². The van der Waals surface area contributed by atoms with Gasteiger partial charge in [-0.2, -0.15) is 13.2 Å². The molecule has 0 spiro atoms. The van der Waals surface area contributed by atoms with Crippen molar-refractivity contribution >= 4 is 24.2 Å². The number of hydrogen-bond acceptors (Lipinski definition) is 3. The highest BCUT2D eigenvalue weighted by molar-refractivity contribution is 5.89. The summed E-state index contributed by atoms with van der Waals surface area (Å²) in [5, 5.41) is 3.46. The van der Waals surface area contributed by atoms with Gasteiger partial charge in [-0.3, -0.25) is 9.59 Å². The average Bonchev–Trinajstić information content (AvgIpc) is 2.91. The number of carbonyl (C=O) groups is 2. The van der Waals surface area contributed by atoms with E-state index in [1.807, 2.05) is 0 Å². The van der Waals surface area contributed by atoms with Crippen LogP contribution in [0.25, 0.3) is 0 Å². The summed E-state index contributed by atoms with van der Waals surface area (Å²) < 4.78 is 37.3. The summed E-state index contributed by atoms with van der Waals surface area (Å²) in [4.78, 5) is 26.7. The summed E-state index contributed by atoms with van der Waals surface area (Å²) in [6.45, 7) is -0.159. The van der Waals surface area contributed by atoms with Crippen LogP contribution in [0, 0.1) is 5.92 Å². The fraction of sp³-hybridized carbons (Fsp3) is 0.857. The maximum atomic E-state index is 12.5. The Balaban J connectivity index is 0.00000192. The van der Waals surface area contributed by atoms with Crippen LogP contribution in [0.2, 0.25) is 0 Å². The lowest BCUT2D eigenvalue weighted by Gasteiger charge is -2.27. The van der Waals surface area contributed by atoms with Crippen molar-refractivity contribution in [2.24, 2.45) is 5.92 Å². The number of hydrogen-bond donors (Lipinski definition) is 1. The van der Waals surface area contributed by atoms with Crippen LogP contribution >= 0.6 is 12.4 Å². The van der Waals surface area contributed by atoms with Crippen molar-refractivity contribution in [2.75, 3.05) is 26.2 Å². The number of halogens is 4. The molecule has 1 N–H and O–H groups in total. The van der Waals surface area contributed by atoms with Gasteiger partial charge in [-0.05, 0) is 19.3 Å². The fourth-order valence-electron chi connectivity index (χ4n) is 3.71. The minimum atomic E-state index is -4.42. The predicted octanol–water partition coefficient (Wildman–Crippen LogP) is 1.17. The van der Waals surface area contributed by atoms with E-state index in [2.05, 4.69) is 5.32 Å². The molecule has 3 unspecified atom stereocenters. The third-order valence-corrected chi connectivity index (χ3v) is 4.77. The van der Waals surface area contributed by atoms with Crippen molar-refractivity contribution in [2.45, 2.75) is 43.9 Å². The molecule has 0 aromatic heterocycles. The van der Waals surface area contributed by atoms with E-state index in [0.717, 1.165) is 24.2 Å². The van der Waals surface area contributed by atoms with Crippen LogP contribution < -0.4 is 5.32 Å². The van der Waals surface area contributed by atoms with Gasteiger partial charge in [0.1, 0.15) is 6.54 Å². The number of likely N-dealkylation sites (tertiary alicyclic amines) is 2. The van der Waals surface area contributed by atoms with Gasteiger partial charge in [0.15, 0.2) is 0 Å². The Morgan fingerprint density at radius 1 is 1.17 bits per heavy atom. The molecule has 3 fully saturated rings. The Kier molecular flexibility index (Phi) is 5.45. The summed E-state index contributed by atoms with van der Waals surface area (Å²) in [6, 6.07) is 0.717. The molecule has 0 saturated carbocycles. The quantitative estimate of drug-likeness (QED) is 0.809. The van der Waals surface area contributed by atoms with Gasteiger partial charge in [-0.15, -0.1) is 12.4 Å². The second-order valence-corrected chi connectivity index (χ2v) is 6.50. The second-order valence-electron chi connectivity index (χ2n) is 6.50. The maximum Gasteiger partial charge on any atom is 0.406 e. The monoisotopic (exact) mass is 355 g/mol. The van der Waals surface area contributed by atoms with E-state index in [1.54, 1.807) is 4.90 Å². The molecule has 2 amide bonds. The van der Waals surface area contributed by atoms with Gasteiger partial charge in [-0.25, -0.2) is 0 Å². The van der Waals surface area contributed by atoms with Crippen molar-refractivity contribution in [1.82, 2.24) is 15.1 Å². The maximum absolute atomic E-state index is 12.5. The van der Waals surface area contributed by atoms with Crippen molar-refractivity contribution in [3.05, 3.63) is 0 Å². The summed E-state index contributed by atoms with van der Waals surface area (Å²) in [5.74, 6) is -1.39. The highest BCUT2D eigenvalue weighted by atomic mass is 35.5. The number of nitrogens with one attached hydrogen (secondary N) is 1. The first-order chi connectivity index (χ1) is 10.3. The summed E-state index contributed by atoms with van der Waals surface area (Å²) >= 11 is 0. The molecule has 3 aliphatic rings. The van der Waals surface area contributed by atoms with Gasteiger partial charge in [0.2, 0.25) is 11.8 Å². The molecular formula is C14H21ClF3N3O2. The molecule has 3 rings (SSSR count). The van der Waals surface area contributed by atoms with Gasteiger partial charge in [0.05, 0.1) is 5.92 Å². The Morgan fingerprint density at radius 2 is 1.87 bits per heavy atom. The normalized spacial score (nSPS) is 31.1. The van der Waals surface area contributed by atoms with Crippen LogP contribution in [0.3, 0.4) is 0 Å². The zero-order chi connectivity index (χ0) is 15.9. The molecule has 3 saturated heterocycles. The molecule has 0 aliphatic carbocycles. The van der Waals surface area contributed by atoms with Crippen LogP contribution in [0.1, 0.15) is 25.7 Å². The van der Waals surface area contributed by atoms with Crippen LogP contribution in [0.5, 0.6) is 0 Å². The van der Waals surface area contributed by atoms with Gasteiger partial charge in [-0.1, -0.05) is 0 Å². The van der Waals surface area contributed by atoms with E-state index in [9.17, 15) is 22.8 Å². The van der Waals surface area contributed by atoms with Gasteiger partial charge in [0, 0.05) is 38.1 Å². The van der Waals surface area contributed by atoms with Crippen molar-refractivity contribution in [3.63, 3.8) is 0 Å². The smallest absolute Gasteiger partial charge is 0.341 e. The highest BCUT2D eigenvalue weighted by Gasteiger charge is 2.42. The fourth-order valence-corrected chi connectivity index (χ4v) is 3.71. The van der Waals surface area contributed by atoms with E-state index in [0.29, 0.717) is 19.1 Å². The van der Waals surface area contributed by atoms with Crippen LogP contribution in [0.15, 0.2) is 0 Å². The van der Waals surface area contributed by atoms with Crippen LogP contribution in [0.4, 0.5) is 13.2 Å². The lowest BCUT2D eigenvalue weighted by Crippen LogP contribution is -2.43. The average molecular weight is 356 g/mol. The molecule has 0 aromatic rings. The zero-order valence-corrected chi connectivity index (χ0v) is 13.5. The zero-order valence-electron chi connectivity index (χ0n) is 12.6. The van der Waals surface area contributed by atoms with Gasteiger partial charge < -0.3 is 15.1 Å². The van der Waals surface area contributed by atoms with Crippen LogP contribution in [-0.4, -0.2) is 66.1 Å². The first-order valence-corrected chi connectivity index (χ1v) is 7.71. The molecule has 0 aromatic carbocycles. The summed E-state index contributed by atoms with van der Waals surface area (Å²) in [5.41, 5.74) is 0. The largest absolute Gasteiger partial charge is 0.406 e. The van der Waals surface area contributed by atoms with Gasteiger partial charge in [0.25, 0.3) is 0 Å². The van der Waals surface area contributed by atoms with Crippen molar-refractivity contribution in [1.29, 1.82) is 0 Å². The predicted molar refractivity (Wildman–Crippen MR) is 79.1 cm³/mol. The molecule has 2 bridgehead atoms. The highest BCUT2D eigenvalue weighted by Crippen LogP contribution is 2.27. The Hall–Kier alpha value is -1.02. The lowest BCUT2D eigenvalue weighted by molar-refractivity contribution is -0.157. The number of carbonyl (C=O) groups excluding carboxylic acids is 2. The standard InChI is InChI=1S/C14H20F3N3O2.ClH/c15-14(16,17)8-20-6-9(5-12(20)21)13(22)19-4-3-10-1-2-11(7-19)18-10;/h9-11,18H,1-8H2;1H. The molecule has 132 valence electrons. The molecule has 3 atom stereocenters. The van der Waals surface area contributed by atoms with Crippen molar-refractivity contribution in [3.8, 4) is 0 Å². The lowest BCUT2D eigenvalue weighted by atomic mass is 10.0. The number of fused-ring (bicyclic) bond motifs is 2. The Bertz CT molecular complexity index is 475. The molecular weight excluding hydrogens is 335 g/mol. The van der Waals surface area contributed by atoms with E-state index in [1.165, 1.54) is 0 Å². The third kappa shape index (κ3) is 4.29. The molecule has 5 nitrogen and oxygen atoms in total. The van der Waals surface area contributed by atoms with E-state index in [4.69, 9.17) is 0 Å². The van der Waals surface area contributed by atoms with E-state index >= 15 is 0 Å². The molecule has 0 radical (unpaired) electrons. The first-order valence-electron chi connectivity index (χ1n) is 7.71. The minimum Gasteiger partial charge on any atom is -0.341 e. The van der Waals surface area contributed by atoms with E-state index < -0.39 is 24.5 Å². The number of amides is 2.